The molecule has 0 aliphatic heterocycles. The van der Waals surface area contributed by atoms with Crippen LogP contribution in [-0.4, -0.2) is 32.7 Å². The van der Waals surface area contributed by atoms with E-state index in [-0.39, 0.29) is 6.03 Å². The molecule has 0 radical (unpaired) electrons. The number of para-hydroxylation sites is 1. The summed E-state index contributed by atoms with van der Waals surface area (Å²) in [7, 11) is 1.76. The standard InChI is InChI=1S/C23H21N5O/c1-27(23(29)25-20-11-8-14-24-15-20)16-19-17-28(21-12-6-3-7-13-21)26-22(19)18-9-4-2-5-10-18/h2-15,17H,16H2,1H3,(H,25,29). The highest BCUT2D eigenvalue weighted by Gasteiger charge is 2.17. The Morgan fingerprint density at radius 2 is 1.72 bits per heavy atom. The second kappa shape index (κ2) is 8.39. The van der Waals surface area contributed by atoms with Crippen LogP contribution in [0.15, 0.2) is 91.4 Å². The van der Waals surface area contributed by atoms with Crippen molar-refractivity contribution >= 4 is 11.7 Å². The predicted molar refractivity (Wildman–Crippen MR) is 114 cm³/mol. The van der Waals surface area contributed by atoms with Gasteiger partial charge in [0.1, 0.15) is 0 Å². The van der Waals surface area contributed by atoms with Gasteiger partial charge in [-0.15, -0.1) is 0 Å². The van der Waals surface area contributed by atoms with Crippen molar-refractivity contribution in [3.63, 3.8) is 0 Å². The van der Waals surface area contributed by atoms with Gasteiger partial charge in [-0.25, -0.2) is 9.48 Å². The van der Waals surface area contributed by atoms with Crippen molar-refractivity contribution in [2.24, 2.45) is 0 Å². The number of pyridine rings is 1. The molecule has 0 spiro atoms. The van der Waals surface area contributed by atoms with Crippen LogP contribution < -0.4 is 5.32 Å². The maximum absolute atomic E-state index is 12.6. The molecule has 29 heavy (non-hydrogen) atoms. The van der Waals surface area contributed by atoms with Gasteiger partial charge in [0, 0.05) is 30.6 Å². The summed E-state index contributed by atoms with van der Waals surface area (Å²) in [5.74, 6) is 0. The van der Waals surface area contributed by atoms with E-state index in [0.29, 0.717) is 12.2 Å². The number of hydrogen-bond acceptors (Lipinski definition) is 3. The predicted octanol–water partition coefficient (Wildman–Crippen LogP) is 4.60. The number of rotatable bonds is 5. The molecule has 0 fully saturated rings. The lowest BCUT2D eigenvalue weighted by atomic mass is 10.1. The number of nitrogens with zero attached hydrogens (tertiary/aromatic N) is 4. The molecule has 2 heterocycles. The summed E-state index contributed by atoms with van der Waals surface area (Å²) in [6.07, 6.45) is 5.27. The molecule has 0 unspecified atom stereocenters. The first-order valence-electron chi connectivity index (χ1n) is 9.32. The van der Waals surface area contributed by atoms with E-state index in [1.807, 2.05) is 77.6 Å². The number of aromatic nitrogens is 3. The number of carbonyl (C=O) groups is 1. The zero-order chi connectivity index (χ0) is 20.1. The summed E-state index contributed by atoms with van der Waals surface area (Å²) >= 11 is 0. The Morgan fingerprint density at radius 3 is 2.41 bits per heavy atom. The number of anilines is 1. The third kappa shape index (κ3) is 4.32. The molecule has 2 aromatic heterocycles. The van der Waals surface area contributed by atoms with Gasteiger partial charge in [-0.3, -0.25) is 4.98 Å². The van der Waals surface area contributed by atoms with Crippen LogP contribution >= 0.6 is 0 Å². The molecule has 0 saturated heterocycles. The number of benzene rings is 2. The molecule has 1 N–H and O–H groups in total. The Morgan fingerprint density at radius 1 is 1.00 bits per heavy atom. The number of carbonyl (C=O) groups excluding carboxylic acids is 1. The fraction of sp³-hybridized carbons (Fsp3) is 0.0870. The SMILES string of the molecule is CN(Cc1cn(-c2ccccc2)nc1-c1ccccc1)C(=O)Nc1cccnc1. The summed E-state index contributed by atoms with van der Waals surface area (Å²) in [5, 5.41) is 7.65. The van der Waals surface area contributed by atoms with E-state index in [4.69, 9.17) is 5.10 Å². The van der Waals surface area contributed by atoms with Gasteiger partial charge in [0.15, 0.2) is 0 Å². The van der Waals surface area contributed by atoms with Crippen LogP contribution in [0.25, 0.3) is 16.9 Å². The van der Waals surface area contributed by atoms with Gasteiger partial charge in [0.25, 0.3) is 0 Å². The highest BCUT2D eigenvalue weighted by atomic mass is 16.2. The van der Waals surface area contributed by atoms with Crippen molar-refractivity contribution in [2.45, 2.75) is 6.54 Å². The second-order valence-corrected chi connectivity index (χ2v) is 6.68. The molecule has 0 saturated carbocycles. The van der Waals surface area contributed by atoms with Crippen molar-refractivity contribution < 1.29 is 4.79 Å². The molecule has 144 valence electrons. The largest absolute Gasteiger partial charge is 0.323 e. The first kappa shape index (κ1) is 18.4. The van der Waals surface area contributed by atoms with Gasteiger partial charge in [-0.05, 0) is 24.3 Å². The van der Waals surface area contributed by atoms with E-state index in [0.717, 1.165) is 22.5 Å². The summed E-state index contributed by atoms with van der Waals surface area (Å²) < 4.78 is 1.85. The Balaban J connectivity index is 1.61. The Kier molecular flexibility index (Phi) is 5.33. The Hall–Kier alpha value is -3.93. The maximum Gasteiger partial charge on any atom is 0.321 e. The summed E-state index contributed by atoms with van der Waals surface area (Å²) in [5.41, 5.74) is 4.46. The minimum atomic E-state index is -0.204. The van der Waals surface area contributed by atoms with Crippen molar-refractivity contribution in [3.8, 4) is 16.9 Å². The molecule has 0 bridgehead atoms. The van der Waals surface area contributed by atoms with Crippen LogP contribution in [0.1, 0.15) is 5.56 Å². The first-order valence-corrected chi connectivity index (χ1v) is 9.32. The summed E-state index contributed by atoms with van der Waals surface area (Å²) in [4.78, 5) is 18.3. The molecular formula is C23H21N5O. The lowest BCUT2D eigenvalue weighted by Crippen LogP contribution is -2.30. The maximum atomic E-state index is 12.6. The summed E-state index contributed by atoms with van der Waals surface area (Å²) in [6.45, 7) is 0.420. The second-order valence-electron chi connectivity index (χ2n) is 6.68. The van der Waals surface area contributed by atoms with E-state index < -0.39 is 0 Å². The van der Waals surface area contributed by atoms with Gasteiger partial charge in [0.05, 0.1) is 29.8 Å². The van der Waals surface area contributed by atoms with Crippen LogP contribution in [-0.2, 0) is 6.54 Å². The molecule has 2 aromatic carbocycles. The van der Waals surface area contributed by atoms with E-state index in [1.165, 1.54) is 0 Å². The zero-order valence-electron chi connectivity index (χ0n) is 16.1. The topological polar surface area (TPSA) is 63.1 Å². The third-order valence-electron chi connectivity index (χ3n) is 4.53. The molecular weight excluding hydrogens is 362 g/mol. The van der Waals surface area contributed by atoms with Crippen molar-refractivity contribution in [1.29, 1.82) is 0 Å². The van der Waals surface area contributed by atoms with Gasteiger partial charge in [0.2, 0.25) is 0 Å². The third-order valence-corrected chi connectivity index (χ3v) is 4.53. The average Bonchev–Trinajstić information content (AvgIpc) is 3.19. The fourth-order valence-electron chi connectivity index (χ4n) is 3.06. The molecule has 6 nitrogen and oxygen atoms in total. The van der Waals surface area contributed by atoms with E-state index in [1.54, 1.807) is 30.4 Å². The lowest BCUT2D eigenvalue weighted by Gasteiger charge is -2.17. The molecule has 0 aliphatic carbocycles. The van der Waals surface area contributed by atoms with Crippen molar-refractivity contribution in [1.82, 2.24) is 19.7 Å². The minimum Gasteiger partial charge on any atom is -0.323 e. The molecule has 4 aromatic rings. The van der Waals surface area contributed by atoms with Gasteiger partial charge < -0.3 is 10.2 Å². The minimum absolute atomic E-state index is 0.204. The van der Waals surface area contributed by atoms with Gasteiger partial charge in [-0.2, -0.15) is 5.10 Å². The monoisotopic (exact) mass is 383 g/mol. The number of hydrogen-bond donors (Lipinski definition) is 1. The smallest absolute Gasteiger partial charge is 0.321 e. The van der Waals surface area contributed by atoms with Crippen LogP contribution in [0.3, 0.4) is 0 Å². The van der Waals surface area contributed by atoms with Gasteiger partial charge in [-0.1, -0.05) is 48.5 Å². The Bertz CT molecular complexity index is 1080. The van der Waals surface area contributed by atoms with Crippen LogP contribution in [0.4, 0.5) is 10.5 Å². The molecule has 0 atom stereocenters. The lowest BCUT2D eigenvalue weighted by molar-refractivity contribution is 0.221. The highest BCUT2D eigenvalue weighted by molar-refractivity contribution is 5.89. The number of amides is 2. The molecule has 4 rings (SSSR count). The normalized spacial score (nSPS) is 10.5. The Labute approximate surface area is 169 Å². The first-order chi connectivity index (χ1) is 14.2. The quantitative estimate of drug-likeness (QED) is 0.548. The highest BCUT2D eigenvalue weighted by Crippen LogP contribution is 2.24. The van der Waals surface area contributed by atoms with Crippen LogP contribution in [0, 0.1) is 0 Å². The van der Waals surface area contributed by atoms with Crippen LogP contribution in [0.2, 0.25) is 0 Å². The van der Waals surface area contributed by atoms with E-state index in [2.05, 4.69) is 10.3 Å². The van der Waals surface area contributed by atoms with Gasteiger partial charge >= 0.3 is 6.03 Å². The number of urea groups is 1. The zero-order valence-corrected chi connectivity index (χ0v) is 16.1. The molecule has 2 amide bonds. The molecule has 6 heteroatoms. The number of nitrogens with one attached hydrogen (secondary N) is 1. The fourth-order valence-corrected chi connectivity index (χ4v) is 3.06. The van der Waals surface area contributed by atoms with E-state index in [9.17, 15) is 4.79 Å². The molecule has 0 aliphatic rings. The van der Waals surface area contributed by atoms with Crippen molar-refractivity contribution in [3.05, 3.63) is 97.0 Å². The van der Waals surface area contributed by atoms with E-state index >= 15 is 0 Å². The summed E-state index contributed by atoms with van der Waals surface area (Å²) in [6, 6.07) is 23.3. The van der Waals surface area contributed by atoms with Crippen molar-refractivity contribution in [2.75, 3.05) is 12.4 Å². The van der Waals surface area contributed by atoms with Crippen LogP contribution in [0.5, 0.6) is 0 Å². The average molecular weight is 383 g/mol.